The molecule has 12 nitrogen and oxygen atoms in total. The molecule has 3 aromatic carbocycles. The predicted octanol–water partition coefficient (Wildman–Crippen LogP) is 0.766. The number of sulfone groups is 2. The Labute approximate surface area is 304 Å². The van der Waals surface area contributed by atoms with Gasteiger partial charge in [-0.1, -0.05) is 31.3 Å². The maximum Gasteiger partial charge on any atom is 0.253 e. The number of hydrogen-bond donors (Lipinski definition) is 1. The van der Waals surface area contributed by atoms with Crippen LogP contribution in [0.5, 0.6) is 0 Å². The second-order valence-electron chi connectivity index (χ2n) is 15.1. The lowest BCUT2D eigenvalue weighted by atomic mass is 9.78. The number of rotatable bonds is 8. The zero-order valence-electron chi connectivity index (χ0n) is 29.4. The summed E-state index contributed by atoms with van der Waals surface area (Å²) in [5.74, 6) is -1.15. The van der Waals surface area contributed by atoms with Gasteiger partial charge in [-0.25, -0.2) is 16.8 Å². The number of nitrogens with zero attached hydrogens (tertiary/aromatic N) is 3. The smallest absolute Gasteiger partial charge is 0.253 e. The van der Waals surface area contributed by atoms with Crippen molar-refractivity contribution in [1.29, 1.82) is 0 Å². The molecule has 0 unspecified atom stereocenters. The van der Waals surface area contributed by atoms with Gasteiger partial charge in [0.05, 0.1) is 17.1 Å². The maximum atomic E-state index is 13.5. The van der Waals surface area contributed by atoms with Crippen molar-refractivity contribution in [1.82, 2.24) is 10.2 Å². The van der Waals surface area contributed by atoms with Crippen LogP contribution in [0.1, 0.15) is 32.6 Å². The molecule has 0 saturated carbocycles. The summed E-state index contributed by atoms with van der Waals surface area (Å²) in [5.41, 5.74) is 5.05. The van der Waals surface area contributed by atoms with E-state index in [-0.39, 0.29) is 19.0 Å². The molecular formula is C37H40N4O8S2Si. The van der Waals surface area contributed by atoms with E-state index >= 15 is 0 Å². The van der Waals surface area contributed by atoms with E-state index < -0.39 is 55.7 Å². The molecule has 52 heavy (non-hydrogen) atoms. The van der Waals surface area contributed by atoms with Crippen LogP contribution in [0.15, 0.2) is 66.7 Å². The maximum absolute atomic E-state index is 13.5. The lowest BCUT2D eigenvalue weighted by Gasteiger charge is -2.47. The standard InChI is InChI=1S/C37H40N4O8S2Si/c1-50(45,46)27-18-39(19-27)25-7-9-29-32(16-25)52(3,4)33-17-26(40-20-28(21-40)51(2,47)48)8-10-30(33)37(29)31-15-23(5-6-24(31)22-49-37)36(44)38-13-14-41-34(42)11-12-35(41)43/h5-12,15-17,27-28H,13-14,18-22H2,1-4H3,(H,38,44). The van der Waals surface area contributed by atoms with E-state index in [1.807, 2.05) is 24.3 Å². The molecule has 0 aliphatic carbocycles. The minimum absolute atomic E-state index is 0.0590. The van der Waals surface area contributed by atoms with Crippen LogP contribution < -0.4 is 25.5 Å². The van der Waals surface area contributed by atoms with Gasteiger partial charge in [0.15, 0.2) is 19.7 Å². The summed E-state index contributed by atoms with van der Waals surface area (Å²) in [5, 5.41) is 4.33. The van der Waals surface area contributed by atoms with Gasteiger partial charge in [0.25, 0.3) is 17.7 Å². The minimum atomic E-state index is -3.15. The summed E-state index contributed by atoms with van der Waals surface area (Å²) in [6, 6.07) is 18.2. The average molecular weight is 761 g/mol. The zero-order valence-corrected chi connectivity index (χ0v) is 32.0. The number of nitrogens with one attached hydrogen (secondary N) is 1. The summed E-state index contributed by atoms with van der Waals surface area (Å²) in [6.45, 7) is 6.77. The first-order chi connectivity index (χ1) is 24.5. The summed E-state index contributed by atoms with van der Waals surface area (Å²) < 4.78 is 55.8. The number of hydrogen-bond acceptors (Lipinski definition) is 10. The number of ether oxygens (including phenoxy) is 1. The monoisotopic (exact) mass is 760 g/mol. The van der Waals surface area contributed by atoms with Crippen LogP contribution in [0.4, 0.5) is 11.4 Å². The van der Waals surface area contributed by atoms with Gasteiger partial charge in [0, 0.05) is 80.9 Å². The molecule has 0 aromatic heterocycles. The van der Waals surface area contributed by atoms with E-state index in [1.165, 1.54) is 24.7 Å². The topological polar surface area (TPSA) is 150 Å². The molecule has 3 aromatic rings. The Morgan fingerprint density at radius 2 is 1.31 bits per heavy atom. The fourth-order valence-corrected chi connectivity index (χ4v) is 13.1. The average Bonchev–Trinajstić information content (AvgIpc) is 3.56. The largest absolute Gasteiger partial charge is 0.369 e. The van der Waals surface area contributed by atoms with E-state index in [0.717, 1.165) is 48.9 Å². The third kappa shape index (κ3) is 5.42. The Morgan fingerprint density at radius 1 is 0.788 bits per heavy atom. The van der Waals surface area contributed by atoms with E-state index in [9.17, 15) is 31.2 Å². The highest BCUT2D eigenvalue weighted by atomic mass is 32.2. The van der Waals surface area contributed by atoms with Gasteiger partial charge >= 0.3 is 0 Å². The molecule has 2 saturated heterocycles. The fourth-order valence-electron chi connectivity index (χ4n) is 8.15. The molecule has 15 heteroatoms. The molecule has 0 bridgehead atoms. The van der Waals surface area contributed by atoms with Crippen LogP contribution in [-0.4, -0.2) is 110 Å². The van der Waals surface area contributed by atoms with E-state index in [2.05, 4.69) is 52.5 Å². The van der Waals surface area contributed by atoms with Crippen molar-refractivity contribution in [3.63, 3.8) is 0 Å². The molecule has 0 atom stereocenters. The number of amides is 3. The second-order valence-corrected chi connectivity index (χ2v) is 24.0. The Kier molecular flexibility index (Phi) is 7.92. The SMILES string of the molecule is C[Si]1(C)c2cc(N3CC(S(C)(=O)=O)C3)ccc2C2(OCc3ccc(C(=O)NCCN4C(=O)C=CC4=O)cc32)c2ccc(N3CC(S(C)(=O)=O)C3)cc21. The predicted molar refractivity (Wildman–Crippen MR) is 201 cm³/mol. The van der Waals surface area contributed by atoms with Gasteiger partial charge in [-0.3, -0.25) is 19.3 Å². The van der Waals surface area contributed by atoms with Gasteiger partial charge in [0.2, 0.25) is 0 Å². The van der Waals surface area contributed by atoms with Crippen molar-refractivity contribution in [3.05, 3.63) is 94.6 Å². The van der Waals surface area contributed by atoms with E-state index in [0.29, 0.717) is 38.3 Å². The van der Waals surface area contributed by atoms with Crippen LogP contribution in [0.25, 0.3) is 0 Å². The van der Waals surface area contributed by atoms with E-state index in [4.69, 9.17) is 4.74 Å². The molecule has 5 heterocycles. The Hall–Kier alpha value is -4.31. The molecule has 1 spiro atoms. The molecule has 2 fully saturated rings. The summed E-state index contributed by atoms with van der Waals surface area (Å²) in [7, 11) is -8.78. The highest BCUT2D eigenvalue weighted by Gasteiger charge is 2.53. The van der Waals surface area contributed by atoms with Crippen LogP contribution in [-0.2, 0) is 46.2 Å². The first-order valence-electron chi connectivity index (χ1n) is 17.3. The summed E-state index contributed by atoms with van der Waals surface area (Å²) in [4.78, 5) is 42.7. The molecular weight excluding hydrogens is 721 g/mol. The summed E-state index contributed by atoms with van der Waals surface area (Å²) in [6.07, 6.45) is 4.99. The van der Waals surface area contributed by atoms with Crippen LogP contribution in [0.2, 0.25) is 13.1 Å². The quantitative estimate of drug-likeness (QED) is 0.258. The third-order valence-corrected chi connectivity index (χ3v) is 18.0. The summed E-state index contributed by atoms with van der Waals surface area (Å²) >= 11 is 0. The number of fused-ring (bicyclic) bond motifs is 6. The van der Waals surface area contributed by atoms with Gasteiger partial charge in [-0.15, -0.1) is 0 Å². The van der Waals surface area contributed by atoms with Crippen molar-refractivity contribution < 1.29 is 36.0 Å². The number of imide groups is 1. The molecule has 3 amide bonds. The first kappa shape index (κ1) is 34.8. The highest BCUT2D eigenvalue weighted by molar-refractivity contribution is 7.91. The second kappa shape index (κ2) is 11.8. The fraction of sp³-hybridized carbons (Fsp3) is 0.378. The van der Waals surface area contributed by atoms with Crippen LogP contribution in [0, 0.1) is 0 Å². The van der Waals surface area contributed by atoms with Crippen molar-refractivity contribution >= 4 is 67.2 Å². The highest BCUT2D eigenvalue weighted by Crippen LogP contribution is 2.50. The third-order valence-electron chi connectivity index (χ3n) is 11.5. The van der Waals surface area contributed by atoms with Gasteiger partial charge in [0.1, 0.15) is 13.7 Å². The van der Waals surface area contributed by atoms with Crippen LogP contribution >= 0.6 is 0 Å². The number of carbonyl (C=O) groups excluding carboxylic acids is 3. The van der Waals surface area contributed by atoms with Gasteiger partial charge < -0.3 is 19.9 Å². The minimum Gasteiger partial charge on any atom is -0.369 e. The van der Waals surface area contributed by atoms with Crippen molar-refractivity contribution in [2.24, 2.45) is 0 Å². The van der Waals surface area contributed by atoms with E-state index in [1.54, 1.807) is 6.07 Å². The normalized spacial score (nSPS) is 20.4. The number of anilines is 2. The molecule has 272 valence electrons. The molecule has 5 aliphatic rings. The van der Waals surface area contributed by atoms with Crippen LogP contribution in [0.3, 0.4) is 0 Å². The first-order valence-corrected chi connectivity index (χ1v) is 24.2. The molecule has 8 rings (SSSR count). The zero-order chi connectivity index (χ0) is 37.0. The van der Waals surface area contributed by atoms with Gasteiger partial charge in [-0.05, 0) is 69.0 Å². The molecule has 0 radical (unpaired) electrons. The Morgan fingerprint density at radius 3 is 1.81 bits per heavy atom. The number of benzene rings is 3. The Balaban J connectivity index is 1.19. The van der Waals surface area contributed by atoms with Gasteiger partial charge in [-0.2, -0.15) is 0 Å². The van der Waals surface area contributed by atoms with Crippen molar-refractivity contribution in [2.75, 3.05) is 61.6 Å². The Bertz CT molecular complexity index is 2210. The lowest BCUT2D eigenvalue weighted by molar-refractivity contribution is -0.136. The van der Waals surface area contributed by atoms with Crippen molar-refractivity contribution in [3.8, 4) is 0 Å². The number of carbonyl (C=O) groups is 3. The molecule has 5 aliphatic heterocycles. The van der Waals surface area contributed by atoms with Crippen molar-refractivity contribution in [2.45, 2.75) is 35.8 Å². The molecule has 1 N–H and O–H groups in total. The lowest BCUT2D eigenvalue weighted by Crippen LogP contribution is -2.64.